The lowest BCUT2D eigenvalue weighted by molar-refractivity contribution is 0.214. The van der Waals surface area contributed by atoms with Crippen LogP contribution < -0.4 is 9.46 Å². The molecule has 1 unspecified atom stereocenters. The van der Waals surface area contributed by atoms with Crippen LogP contribution in [-0.4, -0.2) is 45.1 Å². The molecule has 1 saturated heterocycles. The van der Waals surface area contributed by atoms with E-state index in [2.05, 4.69) is 23.5 Å². The first-order valence-electron chi connectivity index (χ1n) is 9.28. The van der Waals surface area contributed by atoms with Gasteiger partial charge in [-0.1, -0.05) is 13.8 Å². The smallest absolute Gasteiger partial charge is 0.240 e. The van der Waals surface area contributed by atoms with Crippen LogP contribution in [0.15, 0.2) is 29.2 Å². The second-order valence-electron chi connectivity index (χ2n) is 7.52. The standard InChI is InChI=1S/C19H32N2O3S/c1-15(2)13-17(21-11-5-6-12-21)14-20-25(22,23)19-9-7-18(8-10-19)24-16(3)4/h7-10,15-17,20H,5-6,11-14H2,1-4H3. The normalized spacial score (nSPS) is 17.4. The van der Waals surface area contributed by atoms with Gasteiger partial charge in [-0.05, 0) is 76.4 Å². The average molecular weight is 369 g/mol. The van der Waals surface area contributed by atoms with Crippen LogP contribution in [-0.2, 0) is 10.0 Å². The Bertz CT molecular complexity index is 621. The van der Waals surface area contributed by atoms with Crippen molar-refractivity contribution in [2.24, 2.45) is 5.92 Å². The van der Waals surface area contributed by atoms with Crippen LogP contribution in [0.4, 0.5) is 0 Å². The minimum atomic E-state index is -3.50. The maximum atomic E-state index is 12.6. The molecule has 142 valence electrons. The van der Waals surface area contributed by atoms with E-state index in [1.807, 2.05) is 13.8 Å². The Morgan fingerprint density at radius 3 is 2.20 bits per heavy atom. The number of nitrogens with one attached hydrogen (secondary N) is 1. The van der Waals surface area contributed by atoms with Crippen molar-refractivity contribution in [3.05, 3.63) is 24.3 Å². The number of likely N-dealkylation sites (tertiary alicyclic amines) is 1. The van der Waals surface area contributed by atoms with Gasteiger partial charge in [0.15, 0.2) is 0 Å². The number of ether oxygens (including phenoxy) is 1. The molecule has 1 heterocycles. The minimum absolute atomic E-state index is 0.0674. The van der Waals surface area contributed by atoms with Crippen LogP contribution in [0.5, 0.6) is 5.75 Å². The highest BCUT2D eigenvalue weighted by atomic mass is 32.2. The summed E-state index contributed by atoms with van der Waals surface area (Å²) in [6.45, 7) is 10.9. The van der Waals surface area contributed by atoms with E-state index in [9.17, 15) is 8.42 Å². The summed E-state index contributed by atoms with van der Waals surface area (Å²) >= 11 is 0. The molecule has 25 heavy (non-hydrogen) atoms. The van der Waals surface area contributed by atoms with E-state index in [0.29, 0.717) is 18.2 Å². The molecule has 0 spiro atoms. The maximum Gasteiger partial charge on any atom is 0.240 e. The van der Waals surface area contributed by atoms with Crippen LogP contribution in [0.1, 0.15) is 47.0 Å². The van der Waals surface area contributed by atoms with Crippen molar-refractivity contribution >= 4 is 10.0 Å². The molecule has 1 N–H and O–H groups in total. The van der Waals surface area contributed by atoms with Gasteiger partial charge in [-0.15, -0.1) is 0 Å². The van der Waals surface area contributed by atoms with Gasteiger partial charge >= 0.3 is 0 Å². The first kappa shape index (κ1) is 20.2. The molecule has 0 aromatic heterocycles. The molecule has 1 aromatic carbocycles. The third kappa shape index (κ3) is 6.28. The summed E-state index contributed by atoms with van der Waals surface area (Å²) in [5, 5.41) is 0. The van der Waals surface area contributed by atoms with Crippen molar-refractivity contribution in [1.82, 2.24) is 9.62 Å². The van der Waals surface area contributed by atoms with Crippen molar-refractivity contribution in [2.45, 2.75) is 64.0 Å². The van der Waals surface area contributed by atoms with Gasteiger partial charge in [0.1, 0.15) is 5.75 Å². The van der Waals surface area contributed by atoms with E-state index in [4.69, 9.17) is 4.74 Å². The lowest BCUT2D eigenvalue weighted by Gasteiger charge is -2.29. The Labute approximate surface area is 152 Å². The van der Waals surface area contributed by atoms with E-state index in [1.165, 1.54) is 12.8 Å². The number of rotatable bonds is 9. The van der Waals surface area contributed by atoms with Gasteiger partial charge in [0.05, 0.1) is 11.0 Å². The number of hydrogen-bond donors (Lipinski definition) is 1. The summed E-state index contributed by atoms with van der Waals surface area (Å²) in [4.78, 5) is 2.70. The highest BCUT2D eigenvalue weighted by Crippen LogP contribution is 2.20. The topological polar surface area (TPSA) is 58.6 Å². The number of hydrogen-bond acceptors (Lipinski definition) is 4. The molecule has 2 rings (SSSR count). The van der Waals surface area contributed by atoms with E-state index in [0.717, 1.165) is 19.5 Å². The Morgan fingerprint density at radius 2 is 1.68 bits per heavy atom. The largest absolute Gasteiger partial charge is 0.491 e. The monoisotopic (exact) mass is 368 g/mol. The fourth-order valence-electron chi connectivity index (χ4n) is 3.27. The third-order valence-corrected chi connectivity index (χ3v) is 5.85. The van der Waals surface area contributed by atoms with E-state index in [1.54, 1.807) is 24.3 Å². The molecule has 0 aliphatic carbocycles. The van der Waals surface area contributed by atoms with Crippen LogP contribution in [0.2, 0.25) is 0 Å². The van der Waals surface area contributed by atoms with Crippen molar-refractivity contribution in [3.8, 4) is 5.75 Å². The predicted molar refractivity (Wildman–Crippen MR) is 101 cm³/mol. The minimum Gasteiger partial charge on any atom is -0.491 e. The first-order valence-corrected chi connectivity index (χ1v) is 10.8. The summed E-state index contributed by atoms with van der Waals surface area (Å²) in [6.07, 6.45) is 3.49. The van der Waals surface area contributed by atoms with E-state index >= 15 is 0 Å². The van der Waals surface area contributed by atoms with Crippen molar-refractivity contribution < 1.29 is 13.2 Å². The van der Waals surface area contributed by atoms with Gasteiger partial charge in [0.25, 0.3) is 0 Å². The number of nitrogens with zero attached hydrogens (tertiary/aromatic N) is 1. The zero-order valence-electron chi connectivity index (χ0n) is 15.9. The molecule has 1 fully saturated rings. The lowest BCUT2D eigenvalue weighted by atomic mass is 10.0. The molecule has 1 aliphatic heterocycles. The van der Waals surface area contributed by atoms with E-state index < -0.39 is 10.0 Å². The fourth-order valence-corrected chi connectivity index (χ4v) is 4.34. The quantitative estimate of drug-likeness (QED) is 0.727. The average Bonchev–Trinajstić information content (AvgIpc) is 3.05. The molecular formula is C19H32N2O3S. The molecule has 1 atom stereocenters. The van der Waals surface area contributed by atoms with Crippen molar-refractivity contribution in [2.75, 3.05) is 19.6 Å². The van der Waals surface area contributed by atoms with Crippen LogP contribution in [0, 0.1) is 5.92 Å². The second-order valence-corrected chi connectivity index (χ2v) is 9.28. The first-order chi connectivity index (χ1) is 11.8. The molecular weight excluding hydrogens is 336 g/mol. The molecule has 1 aliphatic rings. The van der Waals surface area contributed by atoms with Gasteiger partial charge in [-0.25, -0.2) is 13.1 Å². The Kier molecular flexibility index (Phi) is 7.28. The zero-order valence-corrected chi connectivity index (χ0v) is 16.7. The highest BCUT2D eigenvalue weighted by molar-refractivity contribution is 7.89. The molecule has 5 nitrogen and oxygen atoms in total. The SMILES string of the molecule is CC(C)CC(CNS(=O)(=O)c1ccc(OC(C)C)cc1)N1CCCC1. The van der Waals surface area contributed by atoms with Crippen molar-refractivity contribution in [3.63, 3.8) is 0 Å². The molecule has 0 bridgehead atoms. The fraction of sp³-hybridized carbons (Fsp3) is 0.684. The molecule has 0 amide bonds. The molecule has 0 radical (unpaired) electrons. The van der Waals surface area contributed by atoms with Gasteiger partial charge in [-0.2, -0.15) is 0 Å². The lowest BCUT2D eigenvalue weighted by Crippen LogP contribution is -2.43. The summed E-state index contributed by atoms with van der Waals surface area (Å²) < 4.78 is 33.6. The van der Waals surface area contributed by atoms with Crippen LogP contribution >= 0.6 is 0 Å². The molecule has 6 heteroatoms. The number of benzene rings is 1. The molecule has 1 aromatic rings. The van der Waals surface area contributed by atoms with Gasteiger partial charge in [-0.3, -0.25) is 4.90 Å². The van der Waals surface area contributed by atoms with Gasteiger partial charge in [0.2, 0.25) is 10.0 Å². The maximum absolute atomic E-state index is 12.6. The zero-order chi connectivity index (χ0) is 18.4. The van der Waals surface area contributed by atoms with Crippen molar-refractivity contribution in [1.29, 1.82) is 0 Å². The van der Waals surface area contributed by atoms with E-state index in [-0.39, 0.29) is 17.0 Å². The Hall–Kier alpha value is -1.11. The molecule has 0 saturated carbocycles. The summed E-state index contributed by atoms with van der Waals surface area (Å²) in [6, 6.07) is 6.89. The summed E-state index contributed by atoms with van der Waals surface area (Å²) in [7, 11) is -3.50. The van der Waals surface area contributed by atoms with Gasteiger partial charge < -0.3 is 4.74 Å². The van der Waals surface area contributed by atoms with Crippen LogP contribution in [0.25, 0.3) is 0 Å². The second kappa shape index (κ2) is 9.01. The third-order valence-electron chi connectivity index (χ3n) is 4.42. The Balaban J connectivity index is 2.00. The summed E-state index contributed by atoms with van der Waals surface area (Å²) in [5.41, 5.74) is 0. The van der Waals surface area contributed by atoms with Crippen LogP contribution in [0.3, 0.4) is 0 Å². The van der Waals surface area contributed by atoms with Gasteiger partial charge in [0, 0.05) is 12.6 Å². The predicted octanol–water partition coefficient (Wildman–Crippen LogP) is 3.26. The Morgan fingerprint density at radius 1 is 1.08 bits per heavy atom. The summed E-state index contributed by atoms with van der Waals surface area (Å²) in [5.74, 6) is 1.23. The number of sulfonamides is 1. The highest BCUT2D eigenvalue weighted by Gasteiger charge is 2.25.